The van der Waals surface area contributed by atoms with Crippen molar-refractivity contribution in [3.8, 4) is 0 Å². The van der Waals surface area contributed by atoms with Gasteiger partial charge in [-0.2, -0.15) is 4.98 Å². The summed E-state index contributed by atoms with van der Waals surface area (Å²) in [5.41, 5.74) is 6.68. The van der Waals surface area contributed by atoms with E-state index in [1.165, 1.54) is 12.8 Å². The monoisotopic (exact) mass is 577 g/mol. The molecule has 13 nitrogen and oxygen atoms in total. The lowest BCUT2D eigenvalue weighted by atomic mass is 9.94. The molecule has 1 unspecified atom stereocenters. The van der Waals surface area contributed by atoms with Gasteiger partial charge in [-0.3, -0.25) is 14.4 Å². The standard InChI is InChI=1S/C29H39N9O4/c30-25(39)24-26(31-21-5-3-20(4-6-21)28(41)37-14-16-42-17-15-37)33-29(35-34-24)38-11-1-2-22(18-38)32-27(40)19-9-12-36(13-10-19)23-7-8-23/h3-6,19,22-23H,1-2,7-18H2,(H2,30,39)(H,32,40)(H,31,33,35). The lowest BCUT2D eigenvalue weighted by Gasteiger charge is -2.35. The Hall–Kier alpha value is -3.84. The van der Waals surface area contributed by atoms with Crippen molar-refractivity contribution in [1.82, 2.24) is 30.3 Å². The molecular formula is C29H39N9O4. The van der Waals surface area contributed by atoms with E-state index in [1.54, 1.807) is 29.2 Å². The molecule has 6 rings (SSSR count). The largest absolute Gasteiger partial charge is 0.378 e. The molecule has 4 fully saturated rings. The van der Waals surface area contributed by atoms with Gasteiger partial charge in [0.05, 0.1) is 13.2 Å². The summed E-state index contributed by atoms with van der Waals surface area (Å²) >= 11 is 0. The van der Waals surface area contributed by atoms with E-state index in [4.69, 9.17) is 10.5 Å². The number of nitrogens with one attached hydrogen (secondary N) is 2. The second-order valence-electron chi connectivity index (χ2n) is 11.6. The highest BCUT2D eigenvalue weighted by molar-refractivity contribution is 5.97. The number of carbonyl (C=O) groups is 3. The lowest BCUT2D eigenvalue weighted by Crippen LogP contribution is -2.51. The molecule has 3 saturated heterocycles. The Morgan fingerprint density at radius 1 is 0.905 bits per heavy atom. The number of benzene rings is 1. The highest BCUT2D eigenvalue weighted by atomic mass is 16.5. The van der Waals surface area contributed by atoms with Crippen LogP contribution in [0, 0.1) is 5.92 Å². The zero-order valence-electron chi connectivity index (χ0n) is 23.8. The van der Waals surface area contributed by atoms with Crippen LogP contribution in [-0.2, 0) is 9.53 Å². The second kappa shape index (κ2) is 12.6. The van der Waals surface area contributed by atoms with E-state index in [1.807, 2.05) is 4.90 Å². The first-order valence-electron chi connectivity index (χ1n) is 15.0. The van der Waals surface area contributed by atoms with Gasteiger partial charge in [-0.05, 0) is 75.9 Å². The van der Waals surface area contributed by atoms with E-state index in [-0.39, 0.29) is 35.3 Å². The molecule has 13 heteroatoms. The van der Waals surface area contributed by atoms with E-state index in [9.17, 15) is 14.4 Å². The molecule has 2 aromatic rings. The SMILES string of the molecule is NC(=O)c1nnc(N2CCCC(NC(=O)C3CCN(C4CC4)CC3)C2)nc1Nc1ccc(C(=O)N2CCOCC2)cc1. The number of hydrogen-bond donors (Lipinski definition) is 3. The lowest BCUT2D eigenvalue weighted by molar-refractivity contribution is -0.127. The number of anilines is 3. The molecule has 0 bridgehead atoms. The van der Waals surface area contributed by atoms with Crippen LogP contribution in [0.25, 0.3) is 0 Å². The third-order valence-electron chi connectivity index (χ3n) is 8.62. The van der Waals surface area contributed by atoms with Gasteiger partial charge in [-0.15, -0.1) is 10.2 Å². The number of rotatable bonds is 8. The summed E-state index contributed by atoms with van der Waals surface area (Å²) < 4.78 is 5.33. The average Bonchev–Trinajstić information content (AvgIpc) is 3.87. The fourth-order valence-corrected chi connectivity index (χ4v) is 6.05. The molecule has 42 heavy (non-hydrogen) atoms. The van der Waals surface area contributed by atoms with Crippen LogP contribution in [0.4, 0.5) is 17.5 Å². The Balaban J connectivity index is 1.09. The predicted molar refractivity (Wildman–Crippen MR) is 155 cm³/mol. The first-order chi connectivity index (χ1) is 20.4. The molecule has 1 aromatic heterocycles. The summed E-state index contributed by atoms with van der Waals surface area (Å²) in [7, 11) is 0. The third-order valence-corrected chi connectivity index (χ3v) is 8.62. The number of amides is 3. The maximum Gasteiger partial charge on any atom is 0.273 e. The van der Waals surface area contributed by atoms with Crippen molar-refractivity contribution in [3.63, 3.8) is 0 Å². The number of nitrogens with zero attached hydrogens (tertiary/aromatic N) is 6. The van der Waals surface area contributed by atoms with E-state index in [0.717, 1.165) is 44.8 Å². The Morgan fingerprint density at radius 2 is 1.64 bits per heavy atom. The molecule has 1 aliphatic carbocycles. The van der Waals surface area contributed by atoms with Gasteiger partial charge in [0.1, 0.15) is 0 Å². The highest BCUT2D eigenvalue weighted by Gasteiger charge is 2.34. The van der Waals surface area contributed by atoms with Gasteiger partial charge in [-0.25, -0.2) is 0 Å². The third kappa shape index (κ3) is 6.62. The summed E-state index contributed by atoms with van der Waals surface area (Å²) in [6, 6.07) is 7.70. The van der Waals surface area contributed by atoms with Crippen molar-refractivity contribution in [1.29, 1.82) is 0 Å². The number of likely N-dealkylation sites (tertiary alicyclic amines) is 1. The summed E-state index contributed by atoms with van der Waals surface area (Å²) in [6.45, 7) is 5.49. The van der Waals surface area contributed by atoms with E-state index in [0.29, 0.717) is 56.6 Å². The Kier molecular flexibility index (Phi) is 8.47. The van der Waals surface area contributed by atoms with Gasteiger partial charge in [-0.1, -0.05) is 0 Å². The first kappa shape index (κ1) is 28.3. The normalized spacial score (nSPS) is 22.0. The van der Waals surface area contributed by atoms with Gasteiger partial charge < -0.3 is 35.8 Å². The molecule has 4 aliphatic rings. The van der Waals surface area contributed by atoms with Crippen molar-refractivity contribution in [2.75, 3.05) is 62.7 Å². The molecule has 3 aliphatic heterocycles. The smallest absolute Gasteiger partial charge is 0.273 e. The molecule has 0 radical (unpaired) electrons. The van der Waals surface area contributed by atoms with Crippen LogP contribution in [0.15, 0.2) is 24.3 Å². The molecule has 4 heterocycles. The van der Waals surface area contributed by atoms with Gasteiger partial charge in [0.25, 0.3) is 11.8 Å². The minimum Gasteiger partial charge on any atom is -0.378 e. The van der Waals surface area contributed by atoms with Crippen molar-refractivity contribution in [2.45, 2.75) is 50.6 Å². The molecule has 1 aromatic carbocycles. The van der Waals surface area contributed by atoms with Crippen LogP contribution in [0.5, 0.6) is 0 Å². The Labute approximate surface area is 245 Å². The van der Waals surface area contributed by atoms with Crippen LogP contribution in [0.3, 0.4) is 0 Å². The molecule has 0 spiro atoms. The van der Waals surface area contributed by atoms with E-state index < -0.39 is 5.91 Å². The molecule has 1 atom stereocenters. The molecular weight excluding hydrogens is 538 g/mol. The van der Waals surface area contributed by atoms with Crippen LogP contribution in [0.1, 0.15) is 59.4 Å². The Morgan fingerprint density at radius 3 is 2.33 bits per heavy atom. The first-order valence-corrected chi connectivity index (χ1v) is 15.0. The van der Waals surface area contributed by atoms with Crippen molar-refractivity contribution < 1.29 is 19.1 Å². The summed E-state index contributed by atoms with van der Waals surface area (Å²) in [5.74, 6) is -0.0525. The number of nitrogens with two attached hydrogens (primary N) is 1. The van der Waals surface area contributed by atoms with Gasteiger partial charge >= 0.3 is 0 Å². The van der Waals surface area contributed by atoms with Gasteiger partial charge in [0, 0.05) is 55.4 Å². The maximum atomic E-state index is 13.1. The summed E-state index contributed by atoms with van der Waals surface area (Å²) in [5, 5.41) is 14.7. The summed E-state index contributed by atoms with van der Waals surface area (Å²) in [6.07, 6.45) is 6.18. The van der Waals surface area contributed by atoms with Gasteiger partial charge in [0.15, 0.2) is 11.5 Å². The van der Waals surface area contributed by atoms with Gasteiger partial charge in [0.2, 0.25) is 11.9 Å². The topological polar surface area (TPSA) is 159 Å². The van der Waals surface area contributed by atoms with Crippen molar-refractivity contribution in [2.24, 2.45) is 11.7 Å². The fourth-order valence-electron chi connectivity index (χ4n) is 6.05. The van der Waals surface area contributed by atoms with E-state index >= 15 is 0 Å². The molecule has 3 amide bonds. The average molecular weight is 578 g/mol. The van der Waals surface area contributed by atoms with Crippen LogP contribution in [-0.4, -0.2) is 107 Å². The molecule has 4 N–H and O–H groups in total. The number of hydrogen-bond acceptors (Lipinski definition) is 10. The van der Waals surface area contributed by atoms with Crippen molar-refractivity contribution >= 4 is 35.2 Å². The number of morpholine rings is 1. The number of ether oxygens (including phenoxy) is 1. The minimum atomic E-state index is -0.750. The maximum absolute atomic E-state index is 13.1. The Bertz CT molecular complexity index is 1290. The summed E-state index contributed by atoms with van der Waals surface area (Å²) in [4.78, 5) is 48.8. The minimum absolute atomic E-state index is 0.0138. The second-order valence-corrected chi connectivity index (χ2v) is 11.6. The van der Waals surface area contributed by atoms with Crippen LogP contribution < -0.4 is 21.3 Å². The number of primary amides is 1. The number of aromatic nitrogens is 3. The van der Waals surface area contributed by atoms with E-state index in [2.05, 4.69) is 30.7 Å². The fraction of sp³-hybridized carbons (Fsp3) is 0.586. The zero-order chi connectivity index (χ0) is 29.1. The molecule has 224 valence electrons. The quantitative estimate of drug-likeness (QED) is 0.415. The van der Waals surface area contributed by atoms with Crippen LogP contribution in [0.2, 0.25) is 0 Å². The zero-order valence-corrected chi connectivity index (χ0v) is 23.8. The predicted octanol–water partition coefficient (Wildman–Crippen LogP) is 1.15. The highest BCUT2D eigenvalue weighted by Crippen LogP contribution is 2.31. The van der Waals surface area contributed by atoms with Crippen molar-refractivity contribution in [3.05, 3.63) is 35.5 Å². The number of carbonyl (C=O) groups excluding carboxylic acids is 3. The molecule has 1 saturated carbocycles. The number of piperidine rings is 2. The van der Waals surface area contributed by atoms with Crippen LogP contribution >= 0.6 is 0 Å².